The molecule has 0 unspecified atom stereocenters. The molecule has 9 nitrogen and oxygen atoms in total. The van der Waals surface area contributed by atoms with Crippen molar-refractivity contribution in [3.8, 4) is 0 Å². The van der Waals surface area contributed by atoms with Crippen LogP contribution in [0, 0.1) is 0 Å². The number of H-pyrrole nitrogens is 2. The number of hydrogen-bond acceptors (Lipinski definition) is 6. The summed E-state index contributed by atoms with van der Waals surface area (Å²) in [6.45, 7) is 3.52. The Morgan fingerprint density at radius 3 is 2.71 bits per heavy atom. The highest BCUT2D eigenvalue weighted by atomic mass is 35.5. The second kappa shape index (κ2) is 9.69. The average molecular weight is 509 g/mol. The number of fused-ring (bicyclic) bond motifs is 3. The van der Waals surface area contributed by atoms with E-state index in [4.69, 9.17) is 4.74 Å². The Balaban J connectivity index is 0.00000274. The molecule has 1 aromatic carbocycles. The van der Waals surface area contributed by atoms with Crippen molar-refractivity contribution in [2.45, 2.75) is 56.0 Å². The van der Waals surface area contributed by atoms with Gasteiger partial charge in [0.15, 0.2) is 0 Å². The standard InChI is InChI=1S/C23H28N4O5S.ClH/c1-2-10-32-23(29)18-12-25-21-20(18)17-11-16(7-8-19(17)26-22(21)28)33(30,31)27(15-5-6-15)13-14-4-3-9-24-14;/h7-8,11-12,14-15,24-25H,2-6,9-10,13H2,1H3,(H,26,28);1H/t14-;/m0./s1. The van der Waals surface area contributed by atoms with Gasteiger partial charge in [0, 0.05) is 41.1 Å². The minimum Gasteiger partial charge on any atom is -0.462 e. The van der Waals surface area contributed by atoms with Crippen molar-refractivity contribution >= 4 is 50.2 Å². The molecule has 2 aliphatic rings. The molecule has 0 spiro atoms. The highest BCUT2D eigenvalue weighted by molar-refractivity contribution is 7.89. The molecule has 5 rings (SSSR count). The van der Waals surface area contributed by atoms with Crippen LogP contribution in [0.1, 0.15) is 49.4 Å². The zero-order valence-corrected chi connectivity index (χ0v) is 20.6. The molecule has 1 atom stereocenters. The van der Waals surface area contributed by atoms with E-state index in [1.807, 2.05) is 6.92 Å². The molecule has 2 fully saturated rings. The molecule has 1 aliphatic carbocycles. The van der Waals surface area contributed by atoms with Gasteiger partial charge in [0.25, 0.3) is 5.56 Å². The zero-order valence-electron chi connectivity index (χ0n) is 18.9. The largest absolute Gasteiger partial charge is 0.462 e. The second-order valence-corrected chi connectivity index (χ2v) is 10.7. The lowest BCUT2D eigenvalue weighted by Crippen LogP contribution is -2.42. The zero-order chi connectivity index (χ0) is 23.2. The molecule has 1 saturated carbocycles. The summed E-state index contributed by atoms with van der Waals surface area (Å²) in [6, 6.07) is 4.86. The fourth-order valence-electron chi connectivity index (χ4n) is 4.57. The third-order valence-electron chi connectivity index (χ3n) is 6.40. The number of halogens is 1. The van der Waals surface area contributed by atoms with Crippen LogP contribution in [0.2, 0.25) is 0 Å². The topological polar surface area (TPSA) is 124 Å². The first-order valence-corrected chi connectivity index (χ1v) is 12.9. The van der Waals surface area contributed by atoms with Crippen molar-refractivity contribution in [3.05, 3.63) is 40.3 Å². The van der Waals surface area contributed by atoms with Crippen LogP contribution in [0.25, 0.3) is 21.8 Å². The number of pyridine rings is 1. The van der Waals surface area contributed by atoms with E-state index in [9.17, 15) is 18.0 Å². The Labute approximate surface area is 203 Å². The van der Waals surface area contributed by atoms with Gasteiger partial charge in [-0.05, 0) is 56.8 Å². The molecule has 1 aliphatic heterocycles. The second-order valence-electron chi connectivity index (χ2n) is 8.85. The maximum atomic E-state index is 13.7. The Morgan fingerprint density at radius 2 is 2.03 bits per heavy atom. The summed E-state index contributed by atoms with van der Waals surface area (Å²) in [6.07, 6.45) is 5.86. The van der Waals surface area contributed by atoms with E-state index in [1.165, 1.54) is 12.3 Å². The molecule has 184 valence electrons. The van der Waals surface area contributed by atoms with Crippen molar-refractivity contribution in [3.63, 3.8) is 0 Å². The van der Waals surface area contributed by atoms with Crippen molar-refractivity contribution in [2.24, 2.45) is 0 Å². The first-order valence-electron chi connectivity index (χ1n) is 11.5. The first kappa shape index (κ1) is 24.7. The van der Waals surface area contributed by atoms with Gasteiger partial charge in [-0.1, -0.05) is 6.92 Å². The molecule has 0 amide bonds. The average Bonchev–Trinajstić information content (AvgIpc) is 3.31. The molecular weight excluding hydrogens is 480 g/mol. The molecule has 11 heteroatoms. The van der Waals surface area contributed by atoms with Crippen LogP contribution < -0.4 is 10.9 Å². The molecule has 0 bridgehead atoms. The molecule has 3 aromatic rings. The maximum absolute atomic E-state index is 13.7. The number of aromatic nitrogens is 2. The first-order chi connectivity index (χ1) is 15.9. The van der Waals surface area contributed by atoms with Gasteiger partial charge in [-0.2, -0.15) is 4.31 Å². The number of esters is 1. The Morgan fingerprint density at radius 1 is 1.24 bits per heavy atom. The summed E-state index contributed by atoms with van der Waals surface area (Å²) in [4.78, 5) is 31.0. The summed E-state index contributed by atoms with van der Waals surface area (Å²) in [5.74, 6) is -0.546. The number of nitrogens with one attached hydrogen (secondary N) is 3. The van der Waals surface area contributed by atoms with E-state index in [0.29, 0.717) is 29.3 Å². The van der Waals surface area contributed by atoms with E-state index in [-0.39, 0.29) is 52.6 Å². The molecule has 34 heavy (non-hydrogen) atoms. The van der Waals surface area contributed by atoms with Crippen LogP contribution in [0.4, 0.5) is 0 Å². The van der Waals surface area contributed by atoms with E-state index in [1.54, 1.807) is 16.4 Å². The lowest BCUT2D eigenvalue weighted by atomic mass is 10.1. The summed E-state index contributed by atoms with van der Waals surface area (Å²) >= 11 is 0. The smallest absolute Gasteiger partial charge is 0.340 e. The van der Waals surface area contributed by atoms with E-state index in [0.717, 1.165) is 32.2 Å². The van der Waals surface area contributed by atoms with E-state index >= 15 is 0 Å². The lowest BCUT2D eigenvalue weighted by molar-refractivity contribution is 0.0507. The van der Waals surface area contributed by atoms with Crippen molar-refractivity contribution in [1.29, 1.82) is 0 Å². The van der Waals surface area contributed by atoms with Crippen molar-refractivity contribution in [2.75, 3.05) is 19.7 Å². The molecule has 3 heterocycles. The number of carbonyl (C=O) groups excluding carboxylic acids is 1. The number of ether oxygens (including phenoxy) is 1. The number of hydrogen-bond donors (Lipinski definition) is 3. The molecule has 0 radical (unpaired) electrons. The predicted molar refractivity (Wildman–Crippen MR) is 132 cm³/mol. The molecule has 2 aromatic heterocycles. The molecule has 3 N–H and O–H groups in total. The van der Waals surface area contributed by atoms with Gasteiger partial charge < -0.3 is 20.0 Å². The quantitative estimate of drug-likeness (QED) is 0.402. The Bertz CT molecular complexity index is 1370. The molecular formula is C23H29ClN4O5S. The number of sulfonamides is 1. The summed E-state index contributed by atoms with van der Waals surface area (Å²) in [7, 11) is -3.75. The fraction of sp³-hybridized carbons (Fsp3) is 0.478. The van der Waals surface area contributed by atoms with Gasteiger partial charge in [0.2, 0.25) is 10.0 Å². The van der Waals surface area contributed by atoms with Gasteiger partial charge in [-0.3, -0.25) is 4.79 Å². The van der Waals surface area contributed by atoms with Crippen LogP contribution in [0.3, 0.4) is 0 Å². The summed E-state index contributed by atoms with van der Waals surface area (Å²) < 4.78 is 34.2. The lowest BCUT2D eigenvalue weighted by Gasteiger charge is -2.25. The minimum atomic E-state index is -3.75. The fourth-order valence-corrected chi connectivity index (χ4v) is 6.33. The number of nitrogens with zero attached hydrogens (tertiary/aromatic N) is 1. The van der Waals surface area contributed by atoms with Crippen LogP contribution in [0.15, 0.2) is 34.1 Å². The van der Waals surface area contributed by atoms with Crippen LogP contribution in [-0.2, 0) is 14.8 Å². The third kappa shape index (κ3) is 4.47. The van der Waals surface area contributed by atoms with Gasteiger partial charge >= 0.3 is 5.97 Å². The van der Waals surface area contributed by atoms with Gasteiger partial charge in [0.05, 0.1) is 17.1 Å². The van der Waals surface area contributed by atoms with Crippen molar-refractivity contribution < 1.29 is 17.9 Å². The van der Waals surface area contributed by atoms with Crippen LogP contribution >= 0.6 is 12.4 Å². The van der Waals surface area contributed by atoms with Crippen LogP contribution in [0.5, 0.6) is 0 Å². The number of carbonyl (C=O) groups is 1. The van der Waals surface area contributed by atoms with E-state index < -0.39 is 16.0 Å². The van der Waals surface area contributed by atoms with Gasteiger partial charge in [-0.15, -0.1) is 12.4 Å². The normalized spacial score (nSPS) is 18.5. The number of benzene rings is 1. The minimum absolute atomic E-state index is 0. The van der Waals surface area contributed by atoms with Crippen molar-refractivity contribution in [1.82, 2.24) is 19.6 Å². The number of rotatable bonds is 8. The predicted octanol–water partition coefficient (Wildman–Crippen LogP) is 2.90. The highest BCUT2D eigenvalue weighted by Crippen LogP contribution is 2.34. The molecule has 1 saturated heterocycles. The number of aromatic amines is 2. The van der Waals surface area contributed by atoms with Gasteiger partial charge in [-0.25, -0.2) is 13.2 Å². The van der Waals surface area contributed by atoms with Crippen LogP contribution in [-0.4, -0.2) is 60.4 Å². The maximum Gasteiger partial charge on any atom is 0.340 e. The SMILES string of the molecule is CCCOC(=O)c1c[nH]c2c(=O)[nH]c3ccc(S(=O)(=O)N(C[C@@H]4CCCN4)C4CC4)cc3c12.Cl. The summed E-state index contributed by atoms with van der Waals surface area (Å²) in [5.41, 5.74) is 0.522. The summed E-state index contributed by atoms with van der Waals surface area (Å²) in [5, 5.41) is 4.25. The highest BCUT2D eigenvalue weighted by Gasteiger charge is 2.39. The van der Waals surface area contributed by atoms with Gasteiger partial charge in [0.1, 0.15) is 5.52 Å². The monoisotopic (exact) mass is 508 g/mol. The Kier molecular flexibility index (Phi) is 7.04. The Hall–Kier alpha value is -2.40. The van der Waals surface area contributed by atoms with E-state index in [2.05, 4.69) is 15.3 Å². The third-order valence-corrected chi connectivity index (χ3v) is 8.31.